The number of nitrogens with one attached hydrogen (secondary N) is 1. The van der Waals surface area contributed by atoms with E-state index in [-0.39, 0.29) is 12.5 Å². The number of para-hydroxylation sites is 1. The van der Waals surface area contributed by atoms with Crippen LogP contribution in [0.4, 0.5) is 10.5 Å². The molecule has 2 amide bonds. The molecule has 27 heavy (non-hydrogen) atoms. The molecule has 0 radical (unpaired) electrons. The van der Waals surface area contributed by atoms with E-state index in [1.54, 1.807) is 13.8 Å². The van der Waals surface area contributed by atoms with Crippen molar-refractivity contribution in [2.45, 2.75) is 13.8 Å². The minimum Gasteiger partial charge on any atom is -0.449 e. The van der Waals surface area contributed by atoms with E-state index in [4.69, 9.17) is 4.74 Å². The second-order valence-electron chi connectivity index (χ2n) is 5.86. The first kappa shape index (κ1) is 18.3. The molecular weight excluding hydrogens is 344 g/mol. The quantitative estimate of drug-likeness (QED) is 0.653. The van der Waals surface area contributed by atoms with Crippen molar-refractivity contribution in [2.75, 3.05) is 11.6 Å². The molecule has 1 unspecified atom stereocenters. The summed E-state index contributed by atoms with van der Waals surface area (Å²) in [5, 5.41) is 9.96. The fourth-order valence-electron chi connectivity index (χ4n) is 2.81. The van der Waals surface area contributed by atoms with Crippen LogP contribution >= 0.6 is 0 Å². The minimum atomic E-state index is -0.700. The SMILES string of the molecule is CCOC(=O)N/N=C(\c1ccccc1)C1C(=O)N(c2ccccc2)N=C1C. The van der Waals surface area contributed by atoms with E-state index < -0.39 is 12.0 Å². The number of nitrogens with zero attached hydrogens (tertiary/aromatic N) is 3. The molecule has 1 N–H and O–H groups in total. The van der Waals surface area contributed by atoms with Crippen molar-refractivity contribution in [3.05, 3.63) is 66.2 Å². The van der Waals surface area contributed by atoms with Crippen LogP contribution in [0.25, 0.3) is 0 Å². The molecule has 2 aromatic carbocycles. The predicted octanol–water partition coefficient (Wildman–Crippen LogP) is 3.18. The maximum absolute atomic E-state index is 13.1. The summed E-state index contributed by atoms with van der Waals surface area (Å²) in [5.41, 5.74) is 4.76. The zero-order chi connectivity index (χ0) is 19.2. The van der Waals surface area contributed by atoms with Crippen molar-refractivity contribution >= 4 is 29.1 Å². The second-order valence-corrected chi connectivity index (χ2v) is 5.86. The van der Waals surface area contributed by atoms with Crippen LogP contribution in [0.3, 0.4) is 0 Å². The average Bonchev–Trinajstić information content (AvgIpc) is 2.99. The number of benzene rings is 2. The summed E-state index contributed by atoms with van der Waals surface area (Å²) in [6, 6.07) is 18.4. The second kappa shape index (κ2) is 8.27. The molecule has 0 saturated carbocycles. The molecule has 1 aliphatic rings. The van der Waals surface area contributed by atoms with Gasteiger partial charge in [-0.3, -0.25) is 4.79 Å². The topological polar surface area (TPSA) is 83.4 Å². The Kier molecular flexibility index (Phi) is 5.61. The number of hydrogen-bond acceptors (Lipinski definition) is 5. The summed E-state index contributed by atoms with van der Waals surface area (Å²) >= 11 is 0. The van der Waals surface area contributed by atoms with Crippen LogP contribution < -0.4 is 10.4 Å². The summed E-state index contributed by atoms with van der Waals surface area (Å²) in [5.74, 6) is -0.929. The van der Waals surface area contributed by atoms with Gasteiger partial charge in [-0.2, -0.15) is 15.2 Å². The average molecular weight is 364 g/mol. The van der Waals surface area contributed by atoms with Gasteiger partial charge < -0.3 is 4.74 Å². The lowest BCUT2D eigenvalue weighted by Gasteiger charge is -2.16. The third-order valence-corrected chi connectivity index (χ3v) is 4.02. The lowest BCUT2D eigenvalue weighted by atomic mass is 9.93. The monoisotopic (exact) mass is 364 g/mol. The van der Waals surface area contributed by atoms with E-state index >= 15 is 0 Å². The first-order valence-electron chi connectivity index (χ1n) is 8.61. The Balaban J connectivity index is 1.95. The van der Waals surface area contributed by atoms with Crippen molar-refractivity contribution < 1.29 is 14.3 Å². The van der Waals surface area contributed by atoms with Crippen molar-refractivity contribution in [1.29, 1.82) is 0 Å². The van der Waals surface area contributed by atoms with E-state index in [1.807, 2.05) is 60.7 Å². The Morgan fingerprint density at radius 2 is 1.78 bits per heavy atom. The number of carbonyl (C=O) groups is 2. The maximum atomic E-state index is 13.1. The molecule has 0 aliphatic carbocycles. The van der Waals surface area contributed by atoms with Gasteiger partial charge in [0.25, 0.3) is 5.91 Å². The van der Waals surface area contributed by atoms with Crippen LogP contribution in [-0.2, 0) is 9.53 Å². The Bertz CT molecular complexity index is 879. The summed E-state index contributed by atoms with van der Waals surface area (Å²) < 4.78 is 4.85. The van der Waals surface area contributed by atoms with Gasteiger partial charge in [0.05, 0.1) is 23.7 Å². The molecule has 7 heteroatoms. The van der Waals surface area contributed by atoms with Gasteiger partial charge in [0, 0.05) is 0 Å². The Morgan fingerprint density at radius 3 is 2.41 bits per heavy atom. The molecule has 7 nitrogen and oxygen atoms in total. The highest BCUT2D eigenvalue weighted by Crippen LogP contribution is 2.26. The highest BCUT2D eigenvalue weighted by Gasteiger charge is 2.38. The zero-order valence-electron chi connectivity index (χ0n) is 15.1. The van der Waals surface area contributed by atoms with Crippen LogP contribution in [0, 0.1) is 5.92 Å². The molecule has 138 valence electrons. The molecular formula is C20H20N4O3. The molecule has 0 bridgehead atoms. The molecule has 0 saturated heterocycles. The molecule has 2 aromatic rings. The van der Waals surface area contributed by atoms with Gasteiger partial charge in [0.2, 0.25) is 0 Å². The maximum Gasteiger partial charge on any atom is 0.427 e. The van der Waals surface area contributed by atoms with Gasteiger partial charge in [-0.1, -0.05) is 48.5 Å². The minimum absolute atomic E-state index is 0.229. The van der Waals surface area contributed by atoms with E-state index in [0.29, 0.717) is 17.1 Å². The number of ether oxygens (including phenoxy) is 1. The van der Waals surface area contributed by atoms with Crippen molar-refractivity contribution in [3.63, 3.8) is 0 Å². The molecule has 0 aromatic heterocycles. The molecule has 1 atom stereocenters. The predicted molar refractivity (Wildman–Crippen MR) is 104 cm³/mol. The van der Waals surface area contributed by atoms with E-state index in [9.17, 15) is 9.59 Å². The van der Waals surface area contributed by atoms with Crippen LogP contribution in [0.1, 0.15) is 19.4 Å². The number of hydrazone groups is 2. The number of carbonyl (C=O) groups excluding carboxylic acids is 2. The van der Waals surface area contributed by atoms with Crippen molar-refractivity contribution in [1.82, 2.24) is 5.43 Å². The molecule has 0 spiro atoms. The standard InChI is InChI=1S/C20H20N4O3/c1-3-27-20(26)22-21-18(15-10-6-4-7-11-15)17-14(2)23-24(19(17)25)16-12-8-5-9-13-16/h4-13,17H,3H2,1-2H3,(H,22,26)/b21-18+. The van der Waals surface area contributed by atoms with Crippen molar-refractivity contribution in [3.8, 4) is 0 Å². The van der Waals surface area contributed by atoms with Gasteiger partial charge in [-0.25, -0.2) is 10.2 Å². The number of rotatable bonds is 5. The number of hydrogen-bond donors (Lipinski definition) is 1. The lowest BCUT2D eigenvalue weighted by molar-refractivity contribution is -0.118. The van der Waals surface area contributed by atoms with Gasteiger partial charge in [-0.05, 0) is 31.5 Å². The van der Waals surface area contributed by atoms with Gasteiger partial charge in [0.1, 0.15) is 5.92 Å². The van der Waals surface area contributed by atoms with Crippen LogP contribution in [0.15, 0.2) is 70.9 Å². The van der Waals surface area contributed by atoms with Gasteiger partial charge in [0.15, 0.2) is 0 Å². The smallest absolute Gasteiger partial charge is 0.427 e. The summed E-state index contributed by atoms with van der Waals surface area (Å²) in [6.07, 6.45) is -0.675. The number of anilines is 1. The molecule has 1 heterocycles. The third-order valence-electron chi connectivity index (χ3n) is 4.02. The Hall–Kier alpha value is -3.48. The normalized spacial score (nSPS) is 16.9. The summed E-state index contributed by atoms with van der Waals surface area (Å²) in [7, 11) is 0. The van der Waals surface area contributed by atoms with Gasteiger partial charge in [-0.15, -0.1) is 0 Å². The molecule has 1 aliphatic heterocycles. The van der Waals surface area contributed by atoms with Crippen LogP contribution in [0.5, 0.6) is 0 Å². The number of amides is 2. The van der Waals surface area contributed by atoms with Crippen LogP contribution in [-0.4, -0.2) is 30.0 Å². The Morgan fingerprint density at radius 1 is 1.15 bits per heavy atom. The first-order valence-corrected chi connectivity index (χ1v) is 8.61. The summed E-state index contributed by atoms with van der Waals surface area (Å²) in [4.78, 5) is 24.8. The third kappa shape index (κ3) is 4.03. The van der Waals surface area contributed by atoms with E-state index in [0.717, 1.165) is 5.56 Å². The largest absolute Gasteiger partial charge is 0.449 e. The van der Waals surface area contributed by atoms with Crippen molar-refractivity contribution in [2.24, 2.45) is 16.1 Å². The molecule has 3 rings (SSSR count). The Labute approximate surface area is 157 Å². The molecule has 0 fully saturated rings. The fraction of sp³-hybridized carbons (Fsp3) is 0.200. The van der Waals surface area contributed by atoms with E-state index in [1.165, 1.54) is 5.01 Å². The lowest BCUT2D eigenvalue weighted by Crippen LogP contribution is -2.35. The van der Waals surface area contributed by atoms with Crippen LogP contribution in [0.2, 0.25) is 0 Å². The fourth-order valence-corrected chi connectivity index (χ4v) is 2.81. The summed E-state index contributed by atoms with van der Waals surface area (Å²) in [6.45, 7) is 3.71. The van der Waals surface area contributed by atoms with E-state index in [2.05, 4.69) is 15.6 Å². The zero-order valence-corrected chi connectivity index (χ0v) is 15.1. The highest BCUT2D eigenvalue weighted by molar-refractivity contribution is 6.31. The first-order chi connectivity index (χ1) is 13.1. The van der Waals surface area contributed by atoms with Gasteiger partial charge >= 0.3 is 6.09 Å². The highest BCUT2D eigenvalue weighted by atomic mass is 16.5.